The lowest BCUT2D eigenvalue weighted by Crippen LogP contribution is -2.00. The van der Waals surface area contributed by atoms with Crippen molar-refractivity contribution in [3.63, 3.8) is 0 Å². The molecule has 0 radical (unpaired) electrons. The molecule has 0 bridgehead atoms. The van der Waals surface area contributed by atoms with E-state index < -0.39 is 0 Å². The molecule has 0 N–H and O–H groups in total. The fourth-order valence-electron chi connectivity index (χ4n) is 1.17. The molecule has 0 spiro atoms. The second-order valence-corrected chi connectivity index (χ2v) is 4.72. The molecule has 2 aromatic rings. The SMILES string of the molecule is Brc1cccc(Cn2cnc(I)n2)c1. The zero-order valence-electron chi connectivity index (χ0n) is 7.19. The molecule has 3 nitrogen and oxygen atoms in total. The molecule has 2 rings (SSSR count). The maximum Gasteiger partial charge on any atom is 0.211 e. The van der Waals surface area contributed by atoms with Crippen LogP contribution in [0.15, 0.2) is 35.1 Å². The maximum atomic E-state index is 4.21. The quantitative estimate of drug-likeness (QED) is 0.768. The third-order valence-electron chi connectivity index (χ3n) is 1.74. The average Bonchev–Trinajstić information content (AvgIpc) is 2.51. The zero-order chi connectivity index (χ0) is 9.97. The van der Waals surface area contributed by atoms with Crippen molar-refractivity contribution >= 4 is 38.5 Å². The predicted molar refractivity (Wildman–Crippen MR) is 66.0 cm³/mol. The number of halogens is 2. The van der Waals surface area contributed by atoms with Crippen LogP contribution in [-0.2, 0) is 6.54 Å². The van der Waals surface area contributed by atoms with Crippen molar-refractivity contribution in [1.29, 1.82) is 0 Å². The van der Waals surface area contributed by atoms with Gasteiger partial charge in [0.2, 0.25) is 3.83 Å². The van der Waals surface area contributed by atoms with E-state index in [1.54, 1.807) is 6.33 Å². The summed E-state index contributed by atoms with van der Waals surface area (Å²) in [4.78, 5) is 4.06. The van der Waals surface area contributed by atoms with Gasteiger partial charge in [0.15, 0.2) is 0 Å². The number of hydrogen-bond acceptors (Lipinski definition) is 2. The number of hydrogen-bond donors (Lipinski definition) is 0. The third kappa shape index (κ3) is 2.54. The first-order chi connectivity index (χ1) is 6.74. The van der Waals surface area contributed by atoms with Gasteiger partial charge in [-0.2, -0.15) is 0 Å². The van der Waals surface area contributed by atoms with Gasteiger partial charge in [0, 0.05) is 27.1 Å². The Kier molecular flexibility index (Phi) is 3.17. The maximum absolute atomic E-state index is 4.21. The number of benzene rings is 1. The minimum absolute atomic E-state index is 0.759. The van der Waals surface area contributed by atoms with Gasteiger partial charge in [0.1, 0.15) is 6.33 Å². The molecule has 0 saturated heterocycles. The smallest absolute Gasteiger partial charge is 0.211 e. The highest BCUT2D eigenvalue weighted by Gasteiger charge is 1.98. The van der Waals surface area contributed by atoms with E-state index in [2.05, 4.69) is 60.7 Å². The first-order valence-corrected chi connectivity index (χ1v) is 5.90. The van der Waals surface area contributed by atoms with E-state index in [9.17, 15) is 0 Å². The summed E-state index contributed by atoms with van der Waals surface area (Å²) in [7, 11) is 0. The van der Waals surface area contributed by atoms with Crippen molar-refractivity contribution in [3.05, 3.63) is 44.5 Å². The Balaban J connectivity index is 2.18. The number of rotatable bonds is 2. The average molecular weight is 364 g/mol. The molecular weight excluding hydrogens is 357 g/mol. The summed E-state index contributed by atoms with van der Waals surface area (Å²) >= 11 is 5.53. The molecule has 0 aliphatic heterocycles. The monoisotopic (exact) mass is 363 g/mol. The molecule has 0 amide bonds. The second-order valence-electron chi connectivity index (χ2n) is 2.84. The van der Waals surface area contributed by atoms with Gasteiger partial charge in [-0.1, -0.05) is 28.1 Å². The van der Waals surface area contributed by atoms with E-state index in [0.717, 1.165) is 14.8 Å². The van der Waals surface area contributed by atoms with Gasteiger partial charge in [-0.25, -0.2) is 9.67 Å². The highest BCUT2D eigenvalue weighted by molar-refractivity contribution is 14.1. The number of aromatic nitrogens is 3. The van der Waals surface area contributed by atoms with Crippen LogP contribution in [0.2, 0.25) is 0 Å². The molecule has 0 aliphatic rings. The highest BCUT2D eigenvalue weighted by Crippen LogP contribution is 2.12. The summed E-state index contributed by atoms with van der Waals surface area (Å²) in [5.41, 5.74) is 1.21. The molecule has 1 aromatic carbocycles. The van der Waals surface area contributed by atoms with E-state index in [0.29, 0.717) is 0 Å². The molecule has 5 heteroatoms. The van der Waals surface area contributed by atoms with Crippen LogP contribution in [0.4, 0.5) is 0 Å². The van der Waals surface area contributed by atoms with Crippen LogP contribution in [0.5, 0.6) is 0 Å². The Morgan fingerprint density at radius 3 is 2.93 bits per heavy atom. The standard InChI is InChI=1S/C9H7BrIN3/c10-8-3-1-2-7(4-8)5-14-6-12-9(11)13-14/h1-4,6H,5H2. The van der Waals surface area contributed by atoms with Gasteiger partial charge in [-0.05, 0) is 17.7 Å². The Bertz CT molecular complexity index is 441. The molecule has 1 aromatic heterocycles. The molecule has 72 valence electrons. The normalized spacial score (nSPS) is 10.4. The van der Waals surface area contributed by atoms with E-state index in [1.807, 2.05) is 16.8 Å². The summed E-state index contributed by atoms with van der Waals surface area (Å²) in [5.74, 6) is 0. The molecular formula is C9H7BrIN3. The summed E-state index contributed by atoms with van der Waals surface area (Å²) < 4.78 is 3.69. The van der Waals surface area contributed by atoms with Crippen LogP contribution in [0.1, 0.15) is 5.56 Å². The largest absolute Gasteiger partial charge is 0.247 e. The summed E-state index contributed by atoms with van der Waals surface area (Å²) in [6, 6.07) is 8.17. The lowest BCUT2D eigenvalue weighted by Gasteiger charge is -2.00. The van der Waals surface area contributed by atoms with Gasteiger partial charge >= 0.3 is 0 Å². The minimum Gasteiger partial charge on any atom is -0.247 e. The van der Waals surface area contributed by atoms with Gasteiger partial charge in [-0.3, -0.25) is 0 Å². The molecule has 0 saturated carbocycles. The second kappa shape index (κ2) is 4.39. The van der Waals surface area contributed by atoms with Crippen LogP contribution in [0.25, 0.3) is 0 Å². The first kappa shape index (κ1) is 10.1. The van der Waals surface area contributed by atoms with Gasteiger partial charge < -0.3 is 0 Å². The van der Waals surface area contributed by atoms with Crippen molar-refractivity contribution in [2.45, 2.75) is 6.54 Å². The van der Waals surface area contributed by atoms with Gasteiger partial charge in [-0.15, -0.1) is 5.10 Å². The van der Waals surface area contributed by atoms with Gasteiger partial charge in [0.05, 0.1) is 6.54 Å². The van der Waals surface area contributed by atoms with E-state index in [4.69, 9.17) is 0 Å². The third-order valence-corrected chi connectivity index (χ3v) is 2.73. The Hall–Kier alpha value is -0.430. The zero-order valence-corrected chi connectivity index (χ0v) is 10.9. The van der Waals surface area contributed by atoms with Crippen molar-refractivity contribution in [2.75, 3.05) is 0 Å². The molecule has 0 unspecified atom stereocenters. The highest BCUT2D eigenvalue weighted by atomic mass is 127. The molecule has 0 fully saturated rings. The van der Waals surface area contributed by atoms with Crippen LogP contribution in [0.3, 0.4) is 0 Å². The molecule has 0 atom stereocenters. The molecule has 1 heterocycles. The first-order valence-electron chi connectivity index (χ1n) is 4.03. The molecule has 14 heavy (non-hydrogen) atoms. The van der Waals surface area contributed by atoms with Crippen molar-refractivity contribution in [3.8, 4) is 0 Å². The van der Waals surface area contributed by atoms with E-state index >= 15 is 0 Å². The summed E-state index contributed by atoms with van der Waals surface area (Å²) in [6.45, 7) is 0.759. The Morgan fingerprint density at radius 1 is 1.43 bits per heavy atom. The van der Waals surface area contributed by atoms with Crippen molar-refractivity contribution < 1.29 is 0 Å². The minimum atomic E-state index is 0.759. The van der Waals surface area contributed by atoms with Crippen molar-refractivity contribution in [1.82, 2.24) is 14.8 Å². The molecule has 0 aliphatic carbocycles. The Morgan fingerprint density at radius 2 is 2.29 bits per heavy atom. The lowest BCUT2D eigenvalue weighted by atomic mass is 10.2. The fraction of sp³-hybridized carbons (Fsp3) is 0.111. The van der Waals surface area contributed by atoms with Crippen LogP contribution in [0, 0.1) is 3.83 Å². The summed E-state index contributed by atoms with van der Waals surface area (Å²) in [6.07, 6.45) is 1.74. The van der Waals surface area contributed by atoms with Crippen LogP contribution < -0.4 is 0 Å². The van der Waals surface area contributed by atoms with Crippen LogP contribution >= 0.6 is 38.5 Å². The Labute approximate surface area is 104 Å². The predicted octanol–water partition coefficient (Wildman–Crippen LogP) is 2.69. The van der Waals surface area contributed by atoms with E-state index in [1.165, 1.54) is 5.56 Å². The van der Waals surface area contributed by atoms with Gasteiger partial charge in [0.25, 0.3) is 0 Å². The van der Waals surface area contributed by atoms with Crippen molar-refractivity contribution in [2.24, 2.45) is 0 Å². The topological polar surface area (TPSA) is 30.7 Å². The fourth-order valence-corrected chi connectivity index (χ4v) is 2.02. The van der Waals surface area contributed by atoms with E-state index in [-0.39, 0.29) is 0 Å². The summed E-state index contributed by atoms with van der Waals surface area (Å²) in [5, 5.41) is 4.21. The lowest BCUT2D eigenvalue weighted by molar-refractivity contribution is 0.680. The van der Waals surface area contributed by atoms with Crippen LogP contribution in [-0.4, -0.2) is 14.8 Å². The number of nitrogens with zero attached hydrogens (tertiary/aromatic N) is 3.